The van der Waals surface area contributed by atoms with E-state index in [0.717, 1.165) is 5.56 Å². The van der Waals surface area contributed by atoms with Gasteiger partial charge < -0.3 is 16.4 Å². The quantitative estimate of drug-likeness (QED) is 0.724. The van der Waals surface area contributed by atoms with Crippen LogP contribution in [-0.4, -0.2) is 34.9 Å². The standard InChI is InChI=1S/C14H15N5O2/c15-6-12(20)16-9-13(21)19-11-7-17-14(18-8-11)10-4-2-1-3-5-10/h1-5,7-8H,6,9,15H2,(H,16,20)(H,19,21). The molecule has 0 aliphatic heterocycles. The largest absolute Gasteiger partial charge is 0.346 e. The highest BCUT2D eigenvalue weighted by Gasteiger charge is 2.06. The molecule has 4 N–H and O–H groups in total. The van der Waals surface area contributed by atoms with Crippen LogP contribution in [0.25, 0.3) is 11.4 Å². The average Bonchev–Trinajstić information content (AvgIpc) is 2.54. The molecule has 1 aromatic heterocycles. The van der Waals surface area contributed by atoms with Crippen LogP contribution in [0.1, 0.15) is 0 Å². The normalized spacial score (nSPS) is 9.95. The number of hydrogen-bond donors (Lipinski definition) is 3. The molecule has 0 unspecified atom stereocenters. The monoisotopic (exact) mass is 285 g/mol. The van der Waals surface area contributed by atoms with E-state index < -0.39 is 0 Å². The summed E-state index contributed by atoms with van der Waals surface area (Å²) in [4.78, 5) is 30.9. The maximum Gasteiger partial charge on any atom is 0.243 e. The zero-order valence-corrected chi connectivity index (χ0v) is 11.2. The zero-order chi connectivity index (χ0) is 15.1. The van der Waals surface area contributed by atoms with Crippen LogP contribution in [-0.2, 0) is 9.59 Å². The Labute approximate surface area is 121 Å². The lowest BCUT2D eigenvalue weighted by atomic mass is 10.2. The van der Waals surface area contributed by atoms with Crippen molar-refractivity contribution in [2.75, 3.05) is 18.4 Å². The number of carbonyl (C=O) groups excluding carboxylic acids is 2. The van der Waals surface area contributed by atoms with E-state index in [-0.39, 0.29) is 24.9 Å². The molecule has 7 nitrogen and oxygen atoms in total. The topological polar surface area (TPSA) is 110 Å². The van der Waals surface area contributed by atoms with Crippen molar-refractivity contribution in [1.29, 1.82) is 0 Å². The third-order valence-corrected chi connectivity index (χ3v) is 2.60. The van der Waals surface area contributed by atoms with E-state index in [4.69, 9.17) is 5.73 Å². The molecule has 1 aromatic carbocycles. The van der Waals surface area contributed by atoms with Gasteiger partial charge in [0.25, 0.3) is 0 Å². The third kappa shape index (κ3) is 4.36. The highest BCUT2D eigenvalue weighted by atomic mass is 16.2. The Kier molecular flexibility index (Phi) is 4.94. The van der Waals surface area contributed by atoms with E-state index in [9.17, 15) is 9.59 Å². The minimum Gasteiger partial charge on any atom is -0.346 e. The smallest absolute Gasteiger partial charge is 0.243 e. The molecule has 21 heavy (non-hydrogen) atoms. The minimum absolute atomic E-state index is 0.142. The molecule has 0 bridgehead atoms. The highest BCUT2D eigenvalue weighted by molar-refractivity contribution is 5.94. The van der Waals surface area contributed by atoms with Gasteiger partial charge in [-0.05, 0) is 0 Å². The summed E-state index contributed by atoms with van der Waals surface area (Å²) in [7, 11) is 0. The molecule has 7 heteroatoms. The van der Waals surface area contributed by atoms with Gasteiger partial charge in [0.2, 0.25) is 11.8 Å². The van der Waals surface area contributed by atoms with Crippen molar-refractivity contribution < 1.29 is 9.59 Å². The number of nitrogens with zero attached hydrogens (tertiary/aromatic N) is 2. The number of aromatic nitrogens is 2. The predicted molar refractivity (Wildman–Crippen MR) is 78.2 cm³/mol. The number of nitrogens with one attached hydrogen (secondary N) is 2. The van der Waals surface area contributed by atoms with Crippen LogP contribution >= 0.6 is 0 Å². The van der Waals surface area contributed by atoms with E-state index in [1.54, 1.807) is 0 Å². The zero-order valence-electron chi connectivity index (χ0n) is 11.2. The Morgan fingerprint density at radius 1 is 1.05 bits per heavy atom. The van der Waals surface area contributed by atoms with Crippen molar-refractivity contribution in [1.82, 2.24) is 15.3 Å². The fourth-order valence-corrected chi connectivity index (χ4v) is 1.59. The lowest BCUT2D eigenvalue weighted by Gasteiger charge is -2.06. The van der Waals surface area contributed by atoms with Gasteiger partial charge in [-0.25, -0.2) is 9.97 Å². The predicted octanol–water partition coefficient (Wildman–Crippen LogP) is 0.157. The van der Waals surface area contributed by atoms with Crippen LogP contribution in [0.5, 0.6) is 0 Å². The number of carbonyl (C=O) groups is 2. The van der Waals surface area contributed by atoms with E-state index in [2.05, 4.69) is 20.6 Å². The number of rotatable bonds is 5. The number of hydrogen-bond acceptors (Lipinski definition) is 5. The van der Waals surface area contributed by atoms with Crippen molar-refractivity contribution >= 4 is 17.5 Å². The van der Waals surface area contributed by atoms with Gasteiger partial charge in [0, 0.05) is 5.56 Å². The van der Waals surface area contributed by atoms with E-state index in [1.165, 1.54) is 12.4 Å². The Morgan fingerprint density at radius 2 is 1.71 bits per heavy atom. The second kappa shape index (κ2) is 7.11. The van der Waals surface area contributed by atoms with Crippen LogP contribution in [0.3, 0.4) is 0 Å². The van der Waals surface area contributed by atoms with Crippen LogP contribution in [0.15, 0.2) is 42.7 Å². The van der Waals surface area contributed by atoms with Gasteiger partial charge in [0.15, 0.2) is 5.82 Å². The molecule has 0 aliphatic carbocycles. The fourth-order valence-electron chi connectivity index (χ4n) is 1.59. The maximum absolute atomic E-state index is 11.6. The Balaban J connectivity index is 1.94. The summed E-state index contributed by atoms with van der Waals surface area (Å²) >= 11 is 0. The van der Waals surface area contributed by atoms with E-state index in [0.29, 0.717) is 11.5 Å². The number of anilines is 1. The maximum atomic E-state index is 11.6. The van der Waals surface area contributed by atoms with Gasteiger partial charge in [0.05, 0.1) is 31.2 Å². The molecule has 0 saturated heterocycles. The van der Waals surface area contributed by atoms with Crippen LogP contribution in [0.2, 0.25) is 0 Å². The summed E-state index contributed by atoms with van der Waals surface area (Å²) in [6, 6.07) is 9.50. The first-order chi connectivity index (χ1) is 10.2. The number of benzene rings is 1. The summed E-state index contributed by atoms with van der Waals surface area (Å²) in [5.74, 6) is -0.182. The summed E-state index contributed by atoms with van der Waals surface area (Å²) in [6.45, 7) is -0.293. The molecular formula is C14H15N5O2. The van der Waals surface area contributed by atoms with Gasteiger partial charge >= 0.3 is 0 Å². The highest BCUT2D eigenvalue weighted by Crippen LogP contribution is 2.14. The molecule has 0 saturated carbocycles. The fraction of sp³-hybridized carbons (Fsp3) is 0.143. The first-order valence-electron chi connectivity index (χ1n) is 6.33. The summed E-state index contributed by atoms with van der Waals surface area (Å²) in [5.41, 5.74) is 6.47. The third-order valence-electron chi connectivity index (χ3n) is 2.60. The van der Waals surface area contributed by atoms with E-state index >= 15 is 0 Å². The van der Waals surface area contributed by atoms with Crippen LogP contribution in [0, 0.1) is 0 Å². The van der Waals surface area contributed by atoms with Crippen molar-refractivity contribution in [3.05, 3.63) is 42.7 Å². The molecule has 108 valence electrons. The summed E-state index contributed by atoms with van der Waals surface area (Å²) in [6.07, 6.45) is 3.02. The molecule has 0 radical (unpaired) electrons. The molecule has 2 amide bonds. The van der Waals surface area contributed by atoms with Crippen molar-refractivity contribution in [3.8, 4) is 11.4 Å². The number of amides is 2. The van der Waals surface area contributed by atoms with Gasteiger partial charge in [-0.1, -0.05) is 30.3 Å². The molecule has 2 aromatic rings. The average molecular weight is 285 g/mol. The Hall–Kier alpha value is -2.80. The Morgan fingerprint density at radius 3 is 2.33 bits per heavy atom. The molecule has 0 fully saturated rings. The van der Waals surface area contributed by atoms with Crippen LogP contribution < -0.4 is 16.4 Å². The van der Waals surface area contributed by atoms with Crippen molar-refractivity contribution in [3.63, 3.8) is 0 Å². The molecule has 1 heterocycles. The summed E-state index contributed by atoms with van der Waals surface area (Å²) < 4.78 is 0. The van der Waals surface area contributed by atoms with Gasteiger partial charge in [-0.3, -0.25) is 9.59 Å². The van der Waals surface area contributed by atoms with Crippen LogP contribution in [0.4, 0.5) is 5.69 Å². The van der Waals surface area contributed by atoms with Crippen molar-refractivity contribution in [2.24, 2.45) is 5.73 Å². The van der Waals surface area contributed by atoms with Gasteiger partial charge in [-0.2, -0.15) is 0 Å². The van der Waals surface area contributed by atoms with Gasteiger partial charge in [0.1, 0.15) is 0 Å². The lowest BCUT2D eigenvalue weighted by Crippen LogP contribution is -2.36. The second-order valence-electron chi connectivity index (χ2n) is 4.19. The molecular weight excluding hydrogens is 270 g/mol. The number of nitrogens with two attached hydrogens (primary N) is 1. The molecule has 0 spiro atoms. The Bertz CT molecular complexity index is 613. The molecule has 0 aliphatic rings. The first kappa shape index (κ1) is 14.6. The van der Waals surface area contributed by atoms with E-state index in [1.807, 2.05) is 30.3 Å². The summed E-state index contributed by atoms with van der Waals surface area (Å²) in [5, 5.41) is 4.95. The van der Waals surface area contributed by atoms with Gasteiger partial charge in [-0.15, -0.1) is 0 Å². The molecule has 2 rings (SSSR count). The minimum atomic E-state index is -0.388. The lowest BCUT2D eigenvalue weighted by molar-refractivity contribution is -0.123. The first-order valence-corrected chi connectivity index (χ1v) is 6.33. The van der Waals surface area contributed by atoms with Crippen molar-refractivity contribution in [2.45, 2.75) is 0 Å². The molecule has 0 atom stereocenters. The second-order valence-corrected chi connectivity index (χ2v) is 4.19. The SMILES string of the molecule is NCC(=O)NCC(=O)Nc1cnc(-c2ccccc2)nc1.